The average molecular weight is 284 g/mol. The fraction of sp³-hybridized carbons (Fsp3) is 0.0667. The molecule has 3 aromatic rings. The van der Waals surface area contributed by atoms with Gasteiger partial charge in [-0.1, -0.05) is 12.1 Å². The Balaban J connectivity index is 2.07. The number of halogens is 2. The molecule has 2 aromatic carbocycles. The molecule has 0 bridgehead atoms. The summed E-state index contributed by atoms with van der Waals surface area (Å²) in [5.74, 6) is -1.31. The predicted molar refractivity (Wildman–Crippen MR) is 74.3 cm³/mol. The third-order valence-corrected chi connectivity index (χ3v) is 3.23. The zero-order valence-corrected chi connectivity index (χ0v) is 10.8. The van der Waals surface area contributed by atoms with Gasteiger partial charge in [0.25, 0.3) is 0 Å². The minimum atomic E-state index is -0.740. The molecule has 0 saturated carbocycles. The van der Waals surface area contributed by atoms with Crippen LogP contribution in [0.15, 0.2) is 36.4 Å². The van der Waals surface area contributed by atoms with Crippen molar-refractivity contribution in [3.8, 4) is 6.07 Å². The zero-order chi connectivity index (χ0) is 15.0. The van der Waals surface area contributed by atoms with E-state index in [2.05, 4.69) is 4.98 Å². The van der Waals surface area contributed by atoms with Crippen LogP contribution in [0.1, 0.15) is 11.1 Å². The van der Waals surface area contributed by atoms with Crippen LogP contribution < -0.4 is 5.73 Å². The average Bonchev–Trinajstić information content (AvgIpc) is 2.77. The summed E-state index contributed by atoms with van der Waals surface area (Å²) in [5, 5.41) is 8.76. The highest BCUT2D eigenvalue weighted by Crippen LogP contribution is 2.23. The second-order valence-electron chi connectivity index (χ2n) is 4.62. The molecule has 0 amide bonds. The smallest absolute Gasteiger partial charge is 0.201 e. The minimum Gasteiger partial charge on any atom is -0.369 e. The number of nitrogens with zero attached hydrogens (tertiary/aromatic N) is 3. The Kier molecular flexibility index (Phi) is 3.03. The number of nitriles is 1. The van der Waals surface area contributed by atoms with Crippen molar-refractivity contribution < 1.29 is 8.78 Å². The van der Waals surface area contributed by atoms with Gasteiger partial charge in [0.2, 0.25) is 5.95 Å². The third kappa shape index (κ3) is 2.30. The Morgan fingerprint density at radius 2 is 1.90 bits per heavy atom. The fourth-order valence-corrected chi connectivity index (χ4v) is 2.20. The second-order valence-corrected chi connectivity index (χ2v) is 4.62. The van der Waals surface area contributed by atoms with Crippen LogP contribution in [-0.2, 0) is 6.54 Å². The second kappa shape index (κ2) is 4.87. The molecule has 0 atom stereocenters. The summed E-state index contributed by atoms with van der Waals surface area (Å²) in [5.41, 5.74) is 7.52. The number of nitrogens with two attached hydrogens (primary N) is 1. The van der Waals surface area contributed by atoms with Gasteiger partial charge in [-0.15, -0.1) is 0 Å². The van der Waals surface area contributed by atoms with E-state index >= 15 is 0 Å². The maximum atomic E-state index is 13.7. The van der Waals surface area contributed by atoms with Gasteiger partial charge in [-0.3, -0.25) is 0 Å². The van der Waals surface area contributed by atoms with E-state index in [0.717, 1.165) is 11.6 Å². The summed E-state index contributed by atoms with van der Waals surface area (Å²) in [6.45, 7) is 0.316. The SMILES string of the molecule is N#Cc1ccc(Cn2c(N)nc3c(F)cc(F)cc32)cc1. The van der Waals surface area contributed by atoms with E-state index < -0.39 is 11.6 Å². The van der Waals surface area contributed by atoms with E-state index in [4.69, 9.17) is 11.0 Å². The highest BCUT2D eigenvalue weighted by molar-refractivity contribution is 5.79. The van der Waals surface area contributed by atoms with Crippen LogP contribution in [0.3, 0.4) is 0 Å². The summed E-state index contributed by atoms with van der Waals surface area (Å²) in [6.07, 6.45) is 0. The first-order chi connectivity index (χ1) is 10.1. The van der Waals surface area contributed by atoms with E-state index in [0.29, 0.717) is 17.6 Å². The summed E-state index contributed by atoms with van der Waals surface area (Å²) in [6, 6.07) is 10.9. The Morgan fingerprint density at radius 1 is 1.19 bits per heavy atom. The molecule has 4 nitrogen and oxygen atoms in total. The van der Waals surface area contributed by atoms with Gasteiger partial charge in [0.15, 0.2) is 5.82 Å². The molecule has 0 unspecified atom stereocenters. The van der Waals surface area contributed by atoms with Crippen molar-refractivity contribution in [2.24, 2.45) is 0 Å². The van der Waals surface area contributed by atoms with Gasteiger partial charge < -0.3 is 10.3 Å². The molecule has 0 aliphatic rings. The van der Waals surface area contributed by atoms with E-state index in [1.807, 2.05) is 6.07 Å². The first kappa shape index (κ1) is 13.1. The van der Waals surface area contributed by atoms with Gasteiger partial charge in [-0.25, -0.2) is 13.8 Å². The maximum absolute atomic E-state index is 13.7. The molecule has 2 N–H and O–H groups in total. The number of hydrogen-bond acceptors (Lipinski definition) is 3. The van der Waals surface area contributed by atoms with E-state index in [1.165, 1.54) is 10.6 Å². The number of hydrogen-bond donors (Lipinski definition) is 1. The Hall–Kier alpha value is -2.94. The van der Waals surface area contributed by atoms with Crippen molar-refractivity contribution >= 4 is 17.0 Å². The van der Waals surface area contributed by atoms with Gasteiger partial charge in [0, 0.05) is 12.1 Å². The molecule has 0 aliphatic heterocycles. The number of imidazole rings is 1. The molecule has 0 aliphatic carbocycles. The van der Waals surface area contributed by atoms with Crippen LogP contribution in [0.2, 0.25) is 0 Å². The topological polar surface area (TPSA) is 67.6 Å². The Morgan fingerprint density at radius 3 is 2.57 bits per heavy atom. The first-order valence-corrected chi connectivity index (χ1v) is 6.18. The van der Waals surface area contributed by atoms with Crippen LogP contribution in [0.4, 0.5) is 14.7 Å². The normalized spacial score (nSPS) is 10.7. The Labute approximate surface area is 119 Å². The summed E-state index contributed by atoms with van der Waals surface area (Å²) < 4.78 is 28.6. The molecular weight excluding hydrogens is 274 g/mol. The molecule has 21 heavy (non-hydrogen) atoms. The monoisotopic (exact) mass is 284 g/mol. The van der Waals surface area contributed by atoms with Gasteiger partial charge in [-0.2, -0.15) is 5.26 Å². The van der Waals surface area contributed by atoms with Crippen LogP contribution in [0.25, 0.3) is 11.0 Å². The molecule has 0 radical (unpaired) electrons. The van der Waals surface area contributed by atoms with E-state index in [9.17, 15) is 8.78 Å². The van der Waals surface area contributed by atoms with Crippen molar-refractivity contribution in [2.45, 2.75) is 6.54 Å². The highest BCUT2D eigenvalue weighted by Gasteiger charge is 2.14. The maximum Gasteiger partial charge on any atom is 0.201 e. The number of aromatic nitrogens is 2. The third-order valence-electron chi connectivity index (χ3n) is 3.23. The Bertz CT molecular complexity index is 860. The van der Waals surface area contributed by atoms with Crippen molar-refractivity contribution in [3.05, 3.63) is 59.2 Å². The number of nitrogen functional groups attached to an aromatic ring is 1. The molecule has 0 spiro atoms. The number of rotatable bonds is 2. The predicted octanol–water partition coefficient (Wildman–Crippen LogP) is 2.82. The lowest BCUT2D eigenvalue weighted by molar-refractivity contribution is 0.590. The van der Waals surface area contributed by atoms with Crippen LogP contribution >= 0.6 is 0 Å². The van der Waals surface area contributed by atoms with Crippen LogP contribution in [0.5, 0.6) is 0 Å². The van der Waals surface area contributed by atoms with Crippen LogP contribution in [0, 0.1) is 23.0 Å². The number of fused-ring (bicyclic) bond motifs is 1. The van der Waals surface area contributed by atoms with Crippen molar-refractivity contribution in [3.63, 3.8) is 0 Å². The van der Waals surface area contributed by atoms with Crippen molar-refractivity contribution in [1.82, 2.24) is 9.55 Å². The number of benzene rings is 2. The molecule has 1 heterocycles. The molecule has 0 fully saturated rings. The lowest BCUT2D eigenvalue weighted by Crippen LogP contribution is -2.04. The zero-order valence-electron chi connectivity index (χ0n) is 10.8. The molecule has 104 valence electrons. The minimum absolute atomic E-state index is 0.0440. The molecule has 1 aromatic heterocycles. The standard InChI is InChI=1S/C15H10F2N4/c16-11-5-12(17)14-13(6-11)21(15(19)20-14)8-10-3-1-9(7-18)2-4-10/h1-6H,8H2,(H2,19,20). The quantitative estimate of drug-likeness (QED) is 0.786. The molecule has 0 saturated heterocycles. The summed E-state index contributed by atoms with van der Waals surface area (Å²) in [7, 11) is 0. The molecule has 6 heteroatoms. The van der Waals surface area contributed by atoms with Gasteiger partial charge >= 0.3 is 0 Å². The van der Waals surface area contributed by atoms with E-state index in [-0.39, 0.29) is 11.5 Å². The first-order valence-electron chi connectivity index (χ1n) is 6.18. The van der Waals surface area contributed by atoms with Gasteiger partial charge in [0.1, 0.15) is 11.3 Å². The number of anilines is 1. The van der Waals surface area contributed by atoms with Gasteiger partial charge in [0.05, 0.1) is 23.7 Å². The lowest BCUT2D eigenvalue weighted by atomic mass is 10.1. The van der Waals surface area contributed by atoms with Crippen molar-refractivity contribution in [2.75, 3.05) is 5.73 Å². The molecular formula is C15H10F2N4. The van der Waals surface area contributed by atoms with Gasteiger partial charge in [-0.05, 0) is 17.7 Å². The van der Waals surface area contributed by atoms with Crippen LogP contribution in [-0.4, -0.2) is 9.55 Å². The van der Waals surface area contributed by atoms with E-state index in [1.54, 1.807) is 24.3 Å². The molecule has 3 rings (SSSR count). The van der Waals surface area contributed by atoms with Crippen molar-refractivity contribution in [1.29, 1.82) is 5.26 Å². The highest BCUT2D eigenvalue weighted by atomic mass is 19.1. The summed E-state index contributed by atoms with van der Waals surface area (Å²) in [4.78, 5) is 3.93. The largest absolute Gasteiger partial charge is 0.369 e. The fourth-order valence-electron chi connectivity index (χ4n) is 2.20. The summed E-state index contributed by atoms with van der Waals surface area (Å²) >= 11 is 0. The lowest BCUT2D eigenvalue weighted by Gasteiger charge is -2.07.